The third-order valence-electron chi connectivity index (χ3n) is 6.03. The second-order valence-corrected chi connectivity index (χ2v) is 8.62. The minimum atomic E-state index is -0.639. The summed E-state index contributed by atoms with van der Waals surface area (Å²) in [5.41, 5.74) is 3.36. The van der Waals surface area contributed by atoms with Crippen molar-refractivity contribution in [1.29, 1.82) is 0 Å². The number of carbonyl (C=O) groups excluding carboxylic acids is 2. The van der Waals surface area contributed by atoms with Crippen LogP contribution in [0.4, 0.5) is 0 Å². The summed E-state index contributed by atoms with van der Waals surface area (Å²) in [6, 6.07) is 42.6. The van der Waals surface area contributed by atoms with Crippen LogP contribution in [0.2, 0.25) is 0 Å². The third kappa shape index (κ3) is 5.85. The zero-order valence-corrected chi connectivity index (χ0v) is 20.5. The van der Waals surface area contributed by atoms with Gasteiger partial charge in [-0.15, -0.1) is 0 Å². The van der Waals surface area contributed by atoms with Gasteiger partial charge in [0.1, 0.15) is 11.4 Å². The Morgan fingerprint density at radius 1 is 0.421 bits per heavy atom. The number of esters is 2. The highest BCUT2D eigenvalue weighted by Crippen LogP contribution is 2.28. The van der Waals surface area contributed by atoms with Crippen molar-refractivity contribution in [3.8, 4) is 0 Å². The Hall–Kier alpha value is -5.03. The number of hydrogen-bond acceptors (Lipinski definition) is 5. The molecule has 4 aromatic carbocycles. The molecular formula is C33H25NO4. The van der Waals surface area contributed by atoms with Gasteiger partial charge < -0.3 is 9.47 Å². The molecule has 5 aromatic rings. The van der Waals surface area contributed by atoms with Gasteiger partial charge in [-0.1, -0.05) is 127 Å². The third-order valence-corrected chi connectivity index (χ3v) is 6.03. The first-order valence-electron chi connectivity index (χ1n) is 12.3. The highest BCUT2D eigenvalue weighted by Gasteiger charge is 2.24. The van der Waals surface area contributed by atoms with E-state index < -0.39 is 24.1 Å². The Labute approximate surface area is 221 Å². The maximum Gasteiger partial charge on any atom is 0.357 e. The van der Waals surface area contributed by atoms with Crippen LogP contribution in [-0.2, 0) is 9.47 Å². The van der Waals surface area contributed by atoms with E-state index in [4.69, 9.17) is 9.47 Å². The molecule has 186 valence electrons. The molecule has 0 amide bonds. The van der Waals surface area contributed by atoms with Crippen LogP contribution in [0.15, 0.2) is 140 Å². The molecular weight excluding hydrogens is 474 g/mol. The van der Waals surface area contributed by atoms with E-state index in [1.807, 2.05) is 121 Å². The summed E-state index contributed by atoms with van der Waals surface area (Å²) in [5.74, 6) is -1.28. The average Bonchev–Trinajstić information content (AvgIpc) is 3.00. The molecule has 5 rings (SSSR count). The van der Waals surface area contributed by atoms with E-state index in [2.05, 4.69) is 4.98 Å². The first kappa shape index (κ1) is 24.7. The molecule has 0 saturated carbocycles. The van der Waals surface area contributed by atoms with Crippen LogP contribution in [0.1, 0.15) is 55.4 Å². The van der Waals surface area contributed by atoms with E-state index >= 15 is 0 Å². The Bertz CT molecular complexity index is 1300. The summed E-state index contributed by atoms with van der Waals surface area (Å²) in [6.07, 6.45) is -1.24. The highest BCUT2D eigenvalue weighted by atomic mass is 16.5. The SMILES string of the molecule is O=C(OC(c1ccccc1)c1ccccc1)c1cccc(C(=O)OC(c2ccccc2)c2ccccc2)n1. The van der Waals surface area contributed by atoms with E-state index in [1.165, 1.54) is 12.1 Å². The first-order chi connectivity index (χ1) is 18.7. The Kier molecular flexibility index (Phi) is 7.66. The van der Waals surface area contributed by atoms with E-state index in [-0.39, 0.29) is 11.4 Å². The topological polar surface area (TPSA) is 65.5 Å². The Morgan fingerprint density at radius 3 is 1.00 bits per heavy atom. The van der Waals surface area contributed by atoms with Gasteiger partial charge in [0.15, 0.2) is 12.2 Å². The molecule has 0 aliphatic heterocycles. The number of carbonyl (C=O) groups is 2. The van der Waals surface area contributed by atoms with Gasteiger partial charge in [-0.2, -0.15) is 0 Å². The molecule has 0 spiro atoms. The zero-order valence-electron chi connectivity index (χ0n) is 20.5. The number of ether oxygens (including phenoxy) is 2. The Morgan fingerprint density at radius 2 is 0.711 bits per heavy atom. The van der Waals surface area contributed by atoms with Gasteiger partial charge in [-0.3, -0.25) is 0 Å². The van der Waals surface area contributed by atoms with Crippen LogP contribution in [0.3, 0.4) is 0 Å². The number of hydrogen-bond donors (Lipinski definition) is 0. The van der Waals surface area contributed by atoms with Crippen LogP contribution in [0.5, 0.6) is 0 Å². The largest absolute Gasteiger partial charge is 0.448 e. The van der Waals surface area contributed by atoms with Gasteiger partial charge in [0, 0.05) is 0 Å². The normalized spacial score (nSPS) is 10.8. The summed E-state index contributed by atoms with van der Waals surface area (Å²) in [4.78, 5) is 30.7. The van der Waals surface area contributed by atoms with Gasteiger partial charge in [0.2, 0.25) is 0 Å². The van der Waals surface area contributed by atoms with Crippen LogP contribution < -0.4 is 0 Å². The second-order valence-electron chi connectivity index (χ2n) is 8.62. The number of nitrogens with zero attached hydrogens (tertiary/aromatic N) is 1. The van der Waals surface area contributed by atoms with Crippen molar-refractivity contribution >= 4 is 11.9 Å². The van der Waals surface area contributed by atoms with E-state index in [9.17, 15) is 9.59 Å². The molecule has 0 saturated heterocycles. The van der Waals surface area contributed by atoms with Gasteiger partial charge >= 0.3 is 11.9 Å². The molecule has 0 aliphatic carbocycles. The van der Waals surface area contributed by atoms with Crippen LogP contribution in [-0.4, -0.2) is 16.9 Å². The smallest absolute Gasteiger partial charge is 0.357 e. The summed E-state index contributed by atoms with van der Waals surface area (Å²) in [6.45, 7) is 0. The maximum absolute atomic E-state index is 13.2. The lowest BCUT2D eigenvalue weighted by Gasteiger charge is -2.20. The predicted molar refractivity (Wildman–Crippen MR) is 145 cm³/mol. The molecule has 0 radical (unpaired) electrons. The molecule has 0 fully saturated rings. The lowest BCUT2D eigenvalue weighted by molar-refractivity contribution is 0.0362. The molecule has 0 unspecified atom stereocenters. The summed E-state index contributed by atoms with van der Waals surface area (Å²) >= 11 is 0. The van der Waals surface area contributed by atoms with Gasteiger partial charge in [-0.05, 0) is 34.4 Å². The predicted octanol–water partition coefficient (Wildman–Crippen LogP) is 6.97. The number of aromatic nitrogens is 1. The van der Waals surface area contributed by atoms with Crippen molar-refractivity contribution in [2.45, 2.75) is 12.2 Å². The van der Waals surface area contributed by atoms with Crippen molar-refractivity contribution in [2.75, 3.05) is 0 Å². The average molecular weight is 500 g/mol. The summed E-state index contributed by atoms with van der Waals surface area (Å²) in [7, 11) is 0. The fourth-order valence-corrected chi connectivity index (χ4v) is 4.17. The maximum atomic E-state index is 13.2. The first-order valence-corrected chi connectivity index (χ1v) is 12.3. The highest BCUT2D eigenvalue weighted by molar-refractivity contribution is 5.92. The van der Waals surface area contributed by atoms with Gasteiger partial charge in [-0.25, -0.2) is 14.6 Å². The standard InChI is InChI=1S/C33H25NO4/c35-32(37-30(24-14-5-1-6-15-24)25-16-7-2-8-17-25)28-22-13-23-29(34-28)33(36)38-31(26-18-9-3-10-19-26)27-20-11-4-12-21-27/h1-23,30-31H. The van der Waals surface area contributed by atoms with Crippen LogP contribution in [0, 0.1) is 0 Å². The van der Waals surface area contributed by atoms with E-state index in [0.29, 0.717) is 0 Å². The molecule has 1 heterocycles. The number of benzene rings is 4. The van der Waals surface area contributed by atoms with Gasteiger partial charge in [0.05, 0.1) is 0 Å². The molecule has 0 N–H and O–H groups in total. The molecule has 0 bridgehead atoms. The molecule has 0 aliphatic rings. The molecule has 5 nitrogen and oxygen atoms in total. The van der Waals surface area contributed by atoms with Crippen molar-refractivity contribution in [1.82, 2.24) is 4.98 Å². The van der Waals surface area contributed by atoms with E-state index in [1.54, 1.807) is 6.07 Å². The molecule has 5 heteroatoms. The quantitative estimate of drug-likeness (QED) is 0.216. The summed E-state index contributed by atoms with van der Waals surface area (Å²) in [5, 5.41) is 0. The van der Waals surface area contributed by atoms with Crippen molar-refractivity contribution in [2.24, 2.45) is 0 Å². The Balaban J connectivity index is 1.38. The van der Waals surface area contributed by atoms with Crippen molar-refractivity contribution in [3.05, 3.63) is 173 Å². The van der Waals surface area contributed by atoms with Gasteiger partial charge in [0.25, 0.3) is 0 Å². The van der Waals surface area contributed by atoms with Crippen molar-refractivity contribution in [3.63, 3.8) is 0 Å². The number of rotatable bonds is 8. The van der Waals surface area contributed by atoms with Crippen molar-refractivity contribution < 1.29 is 19.1 Å². The lowest BCUT2D eigenvalue weighted by Crippen LogP contribution is -2.17. The number of pyridine rings is 1. The monoisotopic (exact) mass is 499 g/mol. The van der Waals surface area contributed by atoms with Crippen LogP contribution >= 0.6 is 0 Å². The zero-order chi connectivity index (χ0) is 26.2. The minimum Gasteiger partial charge on any atom is -0.448 e. The fraction of sp³-hybridized carbons (Fsp3) is 0.0606. The second kappa shape index (κ2) is 11.8. The van der Waals surface area contributed by atoms with E-state index in [0.717, 1.165) is 22.3 Å². The summed E-state index contributed by atoms with van der Waals surface area (Å²) < 4.78 is 11.8. The van der Waals surface area contributed by atoms with Crippen LogP contribution in [0.25, 0.3) is 0 Å². The lowest BCUT2D eigenvalue weighted by atomic mass is 10.0. The molecule has 0 atom stereocenters. The minimum absolute atomic E-state index is 0.0206. The fourth-order valence-electron chi connectivity index (χ4n) is 4.17. The molecule has 38 heavy (non-hydrogen) atoms. The molecule has 1 aromatic heterocycles.